The lowest BCUT2D eigenvalue weighted by Crippen LogP contribution is -2.38. The first-order chi connectivity index (χ1) is 8.86. The summed E-state index contributed by atoms with van der Waals surface area (Å²) in [5.41, 5.74) is 0.895. The van der Waals surface area contributed by atoms with E-state index in [-0.39, 0.29) is 18.7 Å². The molecule has 1 aromatic carbocycles. The molecule has 6 heteroatoms. The summed E-state index contributed by atoms with van der Waals surface area (Å²) in [5.74, 6) is -1.51. The molecule has 0 atom stereocenters. The Morgan fingerprint density at radius 1 is 1.21 bits per heavy atom. The zero-order valence-corrected chi connectivity index (χ0v) is 11.8. The molecule has 1 aliphatic rings. The lowest BCUT2D eigenvalue weighted by molar-refractivity contribution is -0.185. The molecule has 1 fully saturated rings. The van der Waals surface area contributed by atoms with Crippen molar-refractivity contribution in [1.82, 2.24) is 4.90 Å². The first kappa shape index (κ1) is 14.8. The third-order valence-corrected chi connectivity index (χ3v) is 4.20. The maximum absolute atomic E-state index is 12.9. The lowest BCUT2D eigenvalue weighted by atomic mass is 9.96. The number of piperidine rings is 1. The molecule has 1 heterocycles. The molecule has 0 unspecified atom stereocenters. The minimum atomic E-state index is -4.08. The van der Waals surface area contributed by atoms with E-state index in [0.29, 0.717) is 24.1 Å². The van der Waals surface area contributed by atoms with E-state index >= 15 is 0 Å². The average Bonchev–Trinajstić information content (AvgIpc) is 2.32. The zero-order valence-electron chi connectivity index (χ0n) is 10.2. The van der Waals surface area contributed by atoms with Crippen LogP contribution in [0.1, 0.15) is 18.4 Å². The minimum absolute atomic E-state index is 0.141. The first-order valence-electron chi connectivity index (χ1n) is 6.09. The molecule has 0 saturated carbocycles. The van der Waals surface area contributed by atoms with E-state index in [0.717, 1.165) is 5.56 Å². The van der Waals surface area contributed by atoms with Crippen molar-refractivity contribution >= 4 is 15.9 Å². The summed E-state index contributed by atoms with van der Waals surface area (Å²) in [6.45, 7) is 1.40. The first-order valence-corrected chi connectivity index (χ1v) is 6.88. The molecular formula is C13H14BrF4N. The SMILES string of the molecule is Fc1ccc(CN2CCC(C(F)(F)F)CC2)c(Br)c1. The molecule has 0 amide bonds. The normalized spacial score (nSPS) is 18.8. The molecule has 0 bridgehead atoms. The summed E-state index contributed by atoms with van der Waals surface area (Å²) in [4.78, 5) is 1.97. The van der Waals surface area contributed by atoms with Crippen molar-refractivity contribution in [3.8, 4) is 0 Å². The Bertz CT molecular complexity index is 439. The molecule has 0 N–H and O–H groups in total. The van der Waals surface area contributed by atoms with Gasteiger partial charge in [0, 0.05) is 11.0 Å². The van der Waals surface area contributed by atoms with E-state index in [1.165, 1.54) is 12.1 Å². The molecule has 2 rings (SSSR count). The van der Waals surface area contributed by atoms with Gasteiger partial charge in [0.15, 0.2) is 0 Å². The summed E-state index contributed by atoms with van der Waals surface area (Å²) < 4.78 is 51.2. The van der Waals surface area contributed by atoms with Crippen molar-refractivity contribution in [2.24, 2.45) is 5.92 Å². The van der Waals surface area contributed by atoms with Crippen molar-refractivity contribution in [1.29, 1.82) is 0 Å². The Kier molecular flexibility index (Phi) is 4.50. The highest BCUT2D eigenvalue weighted by Crippen LogP contribution is 2.34. The fraction of sp³-hybridized carbons (Fsp3) is 0.538. The zero-order chi connectivity index (χ0) is 14.0. The average molecular weight is 340 g/mol. The summed E-state index contributed by atoms with van der Waals surface area (Å²) in [7, 11) is 0. The Morgan fingerprint density at radius 3 is 2.37 bits per heavy atom. The molecule has 0 aromatic heterocycles. The highest BCUT2D eigenvalue weighted by atomic mass is 79.9. The number of likely N-dealkylation sites (tertiary alicyclic amines) is 1. The summed E-state index contributed by atoms with van der Waals surface area (Å²) >= 11 is 3.27. The van der Waals surface area contributed by atoms with Crippen LogP contribution in [0.5, 0.6) is 0 Å². The summed E-state index contributed by atoms with van der Waals surface area (Å²) in [5, 5.41) is 0. The molecule has 106 valence electrons. The summed E-state index contributed by atoms with van der Waals surface area (Å²) in [6.07, 6.45) is -3.80. The largest absolute Gasteiger partial charge is 0.391 e. The number of alkyl halides is 3. The highest BCUT2D eigenvalue weighted by molar-refractivity contribution is 9.10. The Hall–Kier alpha value is -0.620. The Morgan fingerprint density at radius 2 is 1.84 bits per heavy atom. The maximum Gasteiger partial charge on any atom is 0.391 e. The molecule has 0 aliphatic carbocycles. The van der Waals surface area contributed by atoms with Gasteiger partial charge in [0.25, 0.3) is 0 Å². The van der Waals surface area contributed by atoms with Crippen molar-refractivity contribution in [3.05, 3.63) is 34.1 Å². The Labute approximate surface area is 117 Å². The van der Waals surface area contributed by atoms with Gasteiger partial charge in [-0.15, -0.1) is 0 Å². The van der Waals surface area contributed by atoms with Gasteiger partial charge in [-0.05, 0) is 43.6 Å². The van der Waals surface area contributed by atoms with Crippen LogP contribution < -0.4 is 0 Å². The van der Waals surface area contributed by atoms with Gasteiger partial charge in [-0.3, -0.25) is 4.90 Å². The monoisotopic (exact) mass is 339 g/mol. The number of nitrogens with zero attached hydrogens (tertiary/aromatic N) is 1. The van der Waals surface area contributed by atoms with Crippen LogP contribution in [0.3, 0.4) is 0 Å². The number of hydrogen-bond acceptors (Lipinski definition) is 1. The van der Waals surface area contributed by atoms with Crippen molar-refractivity contribution in [3.63, 3.8) is 0 Å². The number of hydrogen-bond donors (Lipinski definition) is 0. The van der Waals surface area contributed by atoms with Crippen LogP contribution in [0.25, 0.3) is 0 Å². The van der Waals surface area contributed by atoms with Gasteiger partial charge in [0.2, 0.25) is 0 Å². The second kappa shape index (κ2) is 5.79. The van der Waals surface area contributed by atoms with Crippen LogP contribution in [0, 0.1) is 11.7 Å². The third-order valence-electron chi connectivity index (χ3n) is 3.46. The quantitative estimate of drug-likeness (QED) is 0.723. The van der Waals surface area contributed by atoms with Crippen LogP contribution in [-0.4, -0.2) is 24.2 Å². The van der Waals surface area contributed by atoms with Gasteiger partial charge in [-0.25, -0.2) is 4.39 Å². The third kappa shape index (κ3) is 3.92. The molecule has 1 aliphatic heterocycles. The molecule has 1 saturated heterocycles. The van der Waals surface area contributed by atoms with E-state index in [4.69, 9.17) is 0 Å². The molecule has 0 radical (unpaired) electrons. The van der Waals surface area contributed by atoms with Crippen molar-refractivity contribution < 1.29 is 17.6 Å². The van der Waals surface area contributed by atoms with Gasteiger partial charge in [-0.1, -0.05) is 22.0 Å². The van der Waals surface area contributed by atoms with E-state index in [1.54, 1.807) is 6.07 Å². The maximum atomic E-state index is 12.9. The van der Waals surface area contributed by atoms with Crippen molar-refractivity contribution in [2.45, 2.75) is 25.6 Å². The van der Waals surface area contributed by atoms with Crippen LogP contribution >= 0.6 is 15.9 Å². The topological polar surface area (TPSA) is 3.24 Å². The second-order valence-corrected chi connectivity index (χ2v) is 5.68. The van der Waals surface area contributed by atoms with Gasteiger partial charge in [-0.2, -0.15) is 13.2 Å². The minimum Gasteiger partial charge on any atom is -0.299 e. The van der Waals surface area contributed by atoms with E-state index in [1.807, 2.05) is 4.90 Å². The van der Waals surface area contributed by atoms with Gasteiger partial charge in [0.05, 0.1) is 5.92 Å². The van der Waals surface area contributed by atoms with Crippen LogP contribution in [0.15, 0.2) is 22.7 Å². The molecule has 1 nitrogen and oxygen atoms in total. The smallest absolute Gasteiger partial charge is 0.299 e. The molecule has 0 spiro atoms. The number of benzene rings is 1. The van der Waals surface area contributed by atoms with Crippen LogP contribution in [0.4, 0.5) is 17.6 Å². The lowest BCUT2D eigenvalue weighted by Gasteiger charge is -2.33. The molecule has 1 aromatic rings. The second-order valence-electron chi connectivity index (χ2n) is 4.83. The van der Waals surface area contributed by atoms with E-state index in [2.05, 4.69) is 15.9 Å². The Balaban J connectivity index is 1.92. The predicted octanol–water partition coefficient (Wildman–Crippen LogP) is 4.36. The van der Waals surface area contributed by atoms with E-state index in [9.17, 15) is 17.6 Å². The molecular weight excluding hydrogens is 326 g/mol. The van der Waals surface area contributed by atoms with Crippen LogP contribution in [0.2, 0.25) is 0 Å². The highest BCUT2D eigenvalue weighted by Gasteiger charge is 2.40. The van der Waals surface area contributed by atoms with E-state index < -0.39 is 12.1 Å². The number of halogens is 5. The fourth-order valence-electron chi connectivity index (χ4n) is 2.31. The predicted molar refractivity (Wildman–Crippen MR) is 68.2 cm³/mol. The fourth-order valence-corrected chi connectivity index (χ4v) is 2.79. The van der Waals surface area contributed by atoms with Gasteiger partial charge < -0.3 is 0 Å². The van der Waals surface area contributed by atoms with Crippen molar-refractivity contribution in [2.75, 3.05) is 13.1 Å². The van der Waals surface area contributed by atoms with Gasteiger partial charge >= 0.3 is 6.18 Å². The standard InChI is InChI=1S/C13H14BrF4N/c14-12-7-11(15)2-1-9(12)8-19-5-3-10(4-6-19)13(16,17)18/h1-2,7,10H,3-6,8H2. The number of rotatable bonds is 2. The van der Waals surface area contributed by atoms with Gasteiger partial charge in [0.1, 0.15) is 5.82 Å². The molecule has 19 heavy (non-hydrogen) atoms. The van der Waals surface area contributed by atoms with Crippen LogP contribution in [-0.2, 0) is 6.54 Å². The summed E-state index contributed by atoms with van der Waals surface area (Å²) in [6, 6.07) is 4.40.